The molecule has 1 rings (SSSR count). The summed E-state index contributed by atoms with van der Waals surface area (Å²) >= 11 is 1.76. The fourth-order valence-electron chi connectivity index (χ4n) is 2.38. The molecule has 98 valence electrons. The van der Waals surface area contributed by atoms with Crippen molar-refractivity contribution in [2.75, 3.05) is 13.1 Å². The Hall–Kier alpha value is -0.380. The van der Waals surface area contributed by atoms with Crippen molar-refractivity contribution in [2.24, 2.45) is 5.73 Å². The van der Waals surface area contributed by atoms with Crippen LogP contribution in [0, 0.1) is 0 Å². The first-order valence-corrected chi connectivity index (χ1v) is 7.48. The van der Waals surface area contributed by atoms with Crippen LogP contribution in [0.25, 0.3) is 0 Å². The van der Waals surface area contributed by atoms with Crippen LogP contribution >= 0.6 is 11.3 Å². The Bertz CT molecular complexity index is 302. The molecule has 0 amide bonds. The summed E-state index contributed by atoms with van der Waals surface area (Å²) in [5, 5.41) is 4.35. The van der Waals surface area contributed by atoms with Gasteiger partial charge in [-0.15, -0.1) is 0 Å². The molecule has 0 radical (unpaired) electrons. The van der Waals surface area contributed by atoms with Crippen LogP contribution in [0.5, 0.6) is 0 Å². The van der Waals surface area contributed by atoms with E-state index in [1.54, 1.807) is 11.3 Å². The number of likely N-dealkylation sites (N-methyl/N-ethyl adjacent to an activating group) is 1. The zero-order chi connectivity index (χ0) is 12.9. The zero-order valence-corrected chi connectivity index (χ0v) is 12.4. The van der Waals surface area contributed by atoms with Gasteiger partial charge in [-0.2, -0.15) is 11.3 Å². The largest absolute Gasteiger partial charge is 0.326 e. The van der Waals surface area contributed by atoms with E-state index in [-0.39, 0.29) is 11.6 Å². The Balaban J connectivity index is 2.52. The molecular formula is C14H26N2S. The molecule has 0 aromatic carbocycles. The molecule has 2 N–H and O–H groups in total. The van der Waals surface area contributed by atoms with E-state index in [4.69, 9.17) is 5.73 Å². The molecular weight excluding hydrogens is 228 g/mol. The van der Waals surface area contributed by atoms with E-state index in [1.807, 2.05) is 0 Å². The van der Waals surface area contributed by atoms with Gasteiger partial charge in [-0.3, -0.25) is 4.90 Å². The maximum atomic E-state index is 6.38. The second-order valence-corrected chi connectivity index (χ2v) is 5.88. The summed E-state index contributed by atoms with van der Waals surface area (Å²) in [5.41, 5.74) is 7.88. The number of aryl methyl sites for hydroxylation is 1. The van der Waals surface area contributed by atoms with E-state index in [2.05, 4.69) is 49.4 Å². The molecule has 2 nitrogen and oxygen atoms in total. The summed E-state index contributed by atoms with van der Waals surface area (Å²) < 4.78 is 0. The highest BCUT2D eigenvalue weighted by Gasteiger charge is 2.30. The highest BCUT2D eigenvalue weighted by Crippen LogP contribution is 2.21. The zero-order valence-electron chi connectivity index (χ0n) is 11.6. The van der Waals surface area contributed by atoms with Gasteiger partial charge < -0.3 is 5.73 Å². The molecule has 1 aromatic rings. The molecule has 1 heterocycles. The smallest absolute Gasteiger partial charge is 0.0304 e. The lowest BCUT2D eigenvalue weighted by atomic mass is 9.89. The summed E-state index contributed by atoms with van der Waals surface area (Å²) in [6.45, 7) is 11.1. The van der Waals surface area contributed by atoms with Crippen LogP contribution in [0.15, 0.2) is 16.8 Å². The van der Waals surface area contributed by atoms with Crippen LogP contribution in [0.2, 0.25) is 0 Å². The lowest BCUT2D eigenvalue weighted by Gasteiger charge is -2.42. The summed E-state index contributed by atoms with van der Waals surface area (Å²) in [6, 6.07) is 2.42. The van der Waals surface area contributed by atoms with Crippen molar-refractivity contribution < 1.29 is 0 Å². The Morgan fingerprint density at radius 3 is 2.47 bits per heavy atom. The van der Waals surface area contributed by atoms with Crippen molar-refractivity contribution >= 4 is 11.3 Å². The quantitative estimate of drug-likeness (QED) is 0.810. The fourth-order valence-corrected chi connectivity index (χ4v) is 3.09. The Morgan fingerprint density at radius 1 is 1.35 bits per heavy atom. The first kappa shape index (κ1) is 14.7. The Kier molecular flexibility index (Phi) is 5.63. The molecule has 0 spiro atoms. The van der Waals surface area contributed by atoms with E-state index in [9.17, 15) is 0 Å². The number of nitrogens with zero attached hydrogens (tertiary/aromatic N) is 1. The average Bonchev–Trinajstić information content (AvgIpc) is 2.79. The highest BCUT2D eigenvalue weighted by molar-refractivity contribution is 7.07. The van der Waals surface area contributed by atoms with Crippen molar-refractivity contribution in [1.82, 2.24) is 4.90 Å². The van der Waals surface area contributed by atoms with Gasteiger partial charge in [0.25, 0.3) is 0 Å². The molecule has 1 unspecified atom stereocenters. The number of nitrogens with two attached hydrogens (primary N) is 1. The molecule has 0 bridgehead atoms. The van der Waals surface area contributed by atoms with Crippen LogP contribution in [-0.4, -0.2) is 29.6 Å². The Morgan fingerprint density at radius 2 is 2.00 bits per heavy atom. The van der Waals surface area contributed by atoms with Crippen molar-refractivity contribution in [3.63, 3.8) is 0 Å². The van der Waals surface area contributed by atoms with Gasteiger partial charge >= 0.3 is 0 Å². The number of thiophene rings is 1. The van der Waals surface area contributed by atoms with Gasteiger partial charge in [-0.05, 0) is 62.2 Å². The third-order valence-electron chi connectivity index (χ3n) is 3.81. The topological polar surface area (TPSA) is 29.3 Å². The molecule has 0 saturated carbocycles. The number of hydrogen-bond donors (Lipinski definition) is 1. The van der Waals surface area contributed by atoms with E-state index >= 15 is 0 Å². The minimum absolute atomic E-state index is 0.0829. The van der Waals surface area contributed by atoms with Gasteiger partial charge in [0.1, 0.15) is 0 Å². The summed E-state index contributed by atoms with van der Waals surface area (Å²) in [6.07, 6.45) is 2.15. The molecule has 0 saturated heterocycles. The molecule has 0 aliphatic carbocycles. The number of hydrogen-bond acceptors (Lipinski definition) is 3. The van der Waals surface area contributed by atoms with Crippen LogP contribution in [0.1, 0.15) is 39.7 Å². The minimum Gasteiger partial charge on any atom is -0.326 e. The third-order valence-corrected chi connectivity index (χ3v) is 4.54. The fraction of sp³-hybridized carbons (Fsp3) is 0.714. The van der Waals surface area contributed by atoms with Crippen LogP contribution < -0.4 is 5.73 Å². The molecule has 0 fully saturated rings. The van der Waals surface area contributed by atoms with Crippen LogP contribution in [0.4, 0.5) is 0 Å². The van der Waals surface area contributed by atoms with Gasteiger partial charge in [0.15, 0.2) is 0 Å². The van der Waals surface area contributed by atoms with E-state index in [0.29, 0.717) is 0 Å². The van der Waals surface area contributed by atoms with Crippen molar-refractivity contribution in [2.45, 2.75) is 52.1 Å². The SMILES string of the molecule is CCN(CC)C(C)(C)C(N)CCc1ccsc1. The first-order valence-electron chi connectivity index (χ1n) is 6.54. The third kappa shape index (κ3) is 3.80. The second-order valence-electron chi connectivity index (χ2n) is 5.10. The van der Waals surface area contributed by atoms with Gasteiger partial charge in [0, 0.05) is 11.6 Å². The minimum atomic E-state index is 0.0829. The van der Waals surface area contributed by atoms with Gasteiger partial charge in [-0.1, -0.05) is 13.8 Å². The molecule has 17 heavy (non-hydrogen) atoms. The first-order chi connectivity index (χ1) is 8.02. The van der Waals surface area contributed by atoms with Gasteiger partial charge in [-0.25, -0.2) is 0 Å². The van der Waals surface area contributed by atoms with Crippen LogP contribution in [-0.2, 0) is 6.42 Å². The molecule has 0 aliphatic heterocycles. The molecule has 3 heteroatoms. The number of rotatable bonds is 7. The molecule has 1 atom stereocenters. The average molecular weight is 254 g/mol. The monoisotopic (exact) mass is 254 g/mol. The predicted molar refractivity (Wildman–Crippen MR) is 77.6 cm³/mol. The second kappa shape index (κ2) is 6.53. The molecule has 1 aromatic heterocycles. The van der Waals surface area contributed by atoms with Gasteiger partial charge in [0.05, 0.1) is 0 Å². The summed E-state index contributed by atoms with van der Waals surface area (Å²) in [5.74, 6) is 0. The lowest BCUT2D eigenvalue weighted by molar-refractivity contribution is 0.103. The maximum Gasteiger partial charge on any atom is 0.0304 e. The predicted octanol–water partition coefficient (Wildman–Crippen LogP) is 3.13. The lowest BCUT2D eigenvalue weighted by Crippen LogP contribution is -2.56. The van der Waals surface area contributed by atoms with E-state index < -0.39 is 0 Å². The molecule has 0 aliphatic rings. The van der Waals surface area contributed by atoms with E-state index in [0.717, 1.165) is 25.9 Å². The van der Waals surface area contributed by atoms with Crippen LogP contribution in [0.3, 0.4) is 0 Å². The van der Waals surface area contributed by atoms with E-state index in [1.165, 1.54) is 5.56 Å². The van der Waals surface area contributed by atoms with Crippen molar-refractivity contribution in [3.8, 4) is 0 Å². The standard InChI is InChI=1S/C14H26N2S/c1-5-16(6-2)14(3,4)13(15)8-7-12-9-10-17-11-12/h9-11,13H,5-8,15H2,1-4H3. The highest BCUT2D eigenvalue weighted by atomic mass is 32.1. The maximum absolute atomic E-state index is 6.38. The van der Waals surface area contributed by atoms with Crippen molar-refractivity contribution in [3.05, 3.63) is 22.4 Å². The van der Waals surface area contributed by atoms with Crippen molar-refractivity contribution in [1.29, 1.82) is 0 Å². The Labute approximate surface area is 110 Å². The normalized spacial score (nSPS) is 14.2. The summed E-state index contributed by atoms with van der Waals surface area (Å²) in [7, 11) is 0. The summed E-state index contributed by atoms with van der Waals surface area (Å²) in [4.78, 5) is 2.45. The van der Waals surface area contributed by atoms with Gasteiger partial charge in [0.2, 0.25) is 0 Å².